The van der Waals surface area contributed by atoms with Gasteiger partial charge in [0.25, 0.3) is 5.69 Å². The molecule has 0 atom stereocenters. The van der Waals surface area contributed by atoms with Crippen molar-refractivity contribution in [2.45, 2.75) is 19.4 Å². The number of nitrogens with two attached hydrogens (primary N) is 1. The van der Waals surface area contributed by atoms with Gasteiger partial charge in [-0.15, -0.1) is 12.4 Å². The van der Waals surface area contributed by atoms with Crippen LogP contribution in [0.4, 0.5) is 17.1 Å². The van der Waals surface area contributed by atoms with Crippen molar-refractivity contribution in [3.8, 4) is 0 Å². The van der Waals surface area contributed by atoms with E-state index in [0.717, 1.165) is 37.2 Å². The zero-order chi connectivity index (χ0) is 14.8. The molecule has 2 aromatic carbocycles. The van der Waals surface area contributed by atoms with Crippen LogP contribution in [0.25, 0.3) is 0 Å². The van der Waals surface area contributed by atoms with Crippen LogP contribution < -0.4 is 10.6 Å². The second kappa shape index (κ2) is 6.66. The summed E-state index contributed by atoms with van der Waals surface area (Å²) in [6.07, 6.45) is 2.09. The maximum absolute atomic E-state index is 10.7. The Labute approximate surface area is 135 Å². The molecule has 1 aliphatic rings. The SMILES string of the molecule is Cl.Nc1cccc2c1CCCN2Cc1ccc([N+](=O)[O-])cc1. The number of non-ortho nitro benzene ring substituents is 1. The lowest BCUT2D eigenvalue weighted by molar-refractivity contribution is -0.384. The number of nitrogen functional groups attached to an aromatic ring is 1. The van der Waals surface area contributed by atoms with E-state index >= 15 is 0 Å². The van der Waals surface area contributed by atoms with E-state index in [2.05, 4.69) is 11.0 Å². The Morgan fingerprint density at radius 3 is 2.59 bits per heavy atom. The summed E-state index contributed by atoms with van der Waals surface area (Å²) in [7, 11) is 0. The van der Waals surface area contributed by atoms with Crippen LogP contribution in [0.15, 0.2) is 42.5 Å². The van der Waals surface area contributed by atoms with E-state index in [-0.39, 0.29) is 23.0 Å². The topological polar surface area (TPSA) is 72.4 Å². The van der Waals surface area contributed by atoms with E-state index in [0.29, 0.717) is 0 Å². The zero-order valence-electron chi connectivity index (χ0n) is 12.1. The molecule has 0 fully saturated rings. The predicted octanol–water partition coefficient (Wildman–Crippen LogP) is 3.55. The molecule has 0 unspecified atom stereocenters. The summed E-state index contributed by atoms with van der Waals surface area (Å²) in [6, 6.07) is 12.8. The van der Waals surface area contributed by atoms with Gasteiger partial charge in [-0.25, -0.2) is 0 Å². The summed E-state index contributed by atoms with van der Waals surface area (Å²) in [6.45, 7) is 1.72. The highest BCUT2D eigenvalue weighted by Crippen LogP contribution is 2.32. The molecule has 22 heavy (non-hydrogen) atoms. The summed E-state index contributed by atoms with van der Waals surface area (Å²) in [4.78, 5) is 12.6. The molecule has 0 aliphatic carbocycles. The number of fused-ring (bicyclic) bond motifs is 1. The maximum atomic E-state index is 10.7. The van der Waals surface area contributed by atoms with Crippen LogP contribution in [0.5, 0.6) is 0 Å². The van der Waals surface area contributed by atoms with Crippen molar-refractivity contribution in [1.82, 2.24) is 0 Å². The van der Waals surface area contributed by atoms with Gasteiger partial charge in [-0.05, 0) is 36.1 Å². The van der Waals surface area contributed by atoms with Gasteiger partial charge in [0.15, 0.2) is 0 Å². The van der Waals surface area contributed by atoms with Gasteiger partial charge >= 0.3 is 0 Å². The molecule has 0 amide bonds. The molecule has 0 aromatic heterocycles. The predicted molar refractivity (Wildman–Crippen MR) is 90.6 cm³/mol. The second-order valence-corrected chi connectivity index (χ2v) is 5.29. The third-order valence-corrected chi connectivity index (χ3v) is 3.90. The number of benzene rings is 2. The fourth-order valence-corrected chi connectivity index (χ4v) is 2.84. The van der Waals surface area contributed by atoms with Crippen LogP contribution >= 0.6 is 12.4 Å². The van der Waals surface area contributed by atoms with Crippen LogP contribution in [0, 0.1) is 10.1 Å². The summed E-state index contributed by atoms with van der Waals surface area (Å²) < 4.78 is 0. The zero-order valence-corrected chi connectivity index (χ0v) is 12.9. The van der Waals surface area contributed by atoms with Gasteiger partial charge < -0.3 is 10.6 Å². The number of halogens is 1. The Kier molecular flexibility index (Phi) is 4.88. The molecule has 3 rings (SSSR count). The normalized spacial score (nSPS) is 13.2. The van der Waals surface area contributed by atoms with Gasteiger partial charge in [0.2, 0.25) is 0 Å². The van der Waals surface area contributed by atoms with Crippen molar-refractivity contribution in [2.75, 3.05) is 17.2 Å². The first-order valence-electron chi connectivity index (χ1n) is 7.01. The molecule has 1 heterocycles. The van der Waals surface area contributed by atoms with Crippen LogP contribution in [0.2, 0.25) is 0 Å². The van der Waals surface area contributed by atoms with E-state index in [1.807, 2.05) is 24.3 Å². The number of nitrogens with zero attached hydrogens (tertiary/aromatic N) is 2. The summed E-state index contributed by atoms with van der Waals surface area (Å²) in [5, 5.41) is 10.7. The maximum Gasteiger partial charge on any atom is 0.269 e. The van der Waals surface area contributed by atoms with Crippen molar-refractivity contribution < 1.29 is 4.92 Å². The standard InChI is InChI=1S/C16H17N3O2.ClH/c17-15-4-1-5-16-14(15)3-2-10-18(16)11-12-6-8-13(9-7-12)19(20)21;/h1,4-9H,2-3,10-11,17H2;1H. The molecule has 0 spiro atoms. The highest BCUT2D eigenvalue weighted by molar-refractivity contribution is 5.85. The quantitative estimate of drug-likeness (QED) is 0.533. The highest BCUT2D eigenvalue weighted by atomic mass is 35.5. The molecular weight excluding hydrogens is 302 g/mol. The van der Waals surface area contributed by atoms with Crippen molar-refractivity contribution in [2.24, 2.45) is 0 Å². The smallest absolute Gasteiger partial charge is 0.269 e. The Hall–Kier alpha value is -2.27. The lowest BCUT2D eigenvalue weighted by Gasteiger charge is -2.32. The molecule has 2 N–H and O–H groups in total. The Morgan fingerprint density at radius 1 is 1.18 bits per heavy atom. The molecule has 6 heteroatoms. The first kappa shape index (κ1) is 16.1. The summed E-state index contributed by atoms with van der Waals surface area (Å²) in [5.74, 6) is 0. The number of hydrogen-bond donors (Lipinski definition) is 1. The molecule has 1 aliphatic heterocycles. The molecule has 0 saturated heterocycles. The van der Waals surface area contributed by atoms with Crippen molar-refractivity contribution in [1.29, 1.82) is 0 Å². The molecule has 2 aromatic rings. The molecule has 116 valence electrons. The number of anilines is 2. The number of rotatable bonds is 3. The molecule has 0 saturated carbocycles. The minimum absolute atomic E-state index is 0. The largest absolute Gasteiger partial charge is 0.398 e. The van der Waals surface area contributed by atoms with Crippen LogP contribution in [0.3, 0.4) is 0 Å². The monoisotopic (exact) mass is 319 g/mol. The minimum Gasteiger partial charge on any atom is -0.398 e. The fraction of sp³-hybridized carbons (Fsp3) is 0.250. The Bertz CT molecular complexity index is 674. The highest BCUT2D eigenvalue weighted by Gasteiger charge is 2.18. The lowest BCUT2D eigenvalue weighted by atomic mass is 9.99. The minimum atomic E-state index is -0.374. The molecular formula is C16H18ClN3O2. The Morgan fingerprint density at radius 2 is 1.91 bits per heavy atom. The van der Waals surface area contributed by atoms with Gasteiger partial charge in [0.05, 0.1) is 4.92 Å². The van der Waals surface area contributed by atoms with Crippen LogP contribution in [-0.4, -0.2) is 11.5 Å². The van der Waals surface area contributed by atoms with E-state index in [4.69, 9.17) is 5.73 Å². The third-order valence-electron chi connectivity index (χ3n) is 3.90. The van der Waals surface area contributed by atoms with Gasteiger partial charge in [-0.2, -0.15) is 0 Å². The average molecular weight is 320 g/mol. The van der Waals surface area contributed by atoms with E-state index in [1.54, 1.807) is 12.1 Å². The van der Waals surface area contributed by atoms with Gasteiger partial charge in [0.1, 0.15) is 0 Å². The van der Waals surface area contributed by atoms with Gasteiger partial charge in [-0.1, -0.05) is 18.2 Å². The Balaban J connectivity index is 0.00000176. The van der Waals surface area contributed by atoms with E-state index in [9.17, 15) is 10.1 Å². The number of nitro benzene ring substituents is 1. The van der Waals surface area contributed by atoms with Crippen molar-refractivity contribution in [3.63, 3.8) is 0 Å². The number of hydrogen-bond acceptors (Lipinski definition) is 4. The third kappa shape index (κ3) is 3.14. The number of nitro groups is 1. The van der Waals surface area contributed by atoms with E-state index in [1.165, 1.54) is 11.3 Å². The molecule has 0 bridgehead atoms. The van der Waals surface area contributed by atoms with Gasteiger partial charge in [-0.3, -0.25) is 10.1 Å². The van der Waals surface area contributed by atoms with E-state index < -0.39 is 0 Å². The van der Waals surface area contributed by atoms with Crippen molar-refractivity contribution >= 4 is 29.5 Å². The van der Waals surface area contributed by atoms with Gasteiger partial charge in [0, 0.05) is 36.6 Å². The van der Waals surface area contributed by atoms with Crippen molar-refractivity contribution in [3.05, 3.63) is 63.7 Å². The summed E-state index contributed by atoms with van der Waals surface area (Å²) >= 11 is 0. The van der Waals surface area contributed by atoms with Crippen LogP contribution in [-0.2, 0) is 13.0 Å². The lowest BCUT2D eigenvalue weighted by Crippen LogP contribution is -2.29. The molecule has 0 radical (unpaired) electrons. The second-order valence-electron chi connectivity index (χ2n) is 5.29. The van der Waals surface area contributed by atoms with Crippen LogP contribution in [0.1, 0.15) is 17.5 Å². The first-order valence-corrected chi connectivity index (χ1v) is 7.01. The first-order chi connectivity index (χ1) is 10.1. The summed E-state index contributed by atoms with van der Waals surface area (Å²) in [5.41, 5.74) is 10.5. The average Bonchev–Trinajstić information content (AvgIpc) is 2.49. The fourth-order valence-electron chi connectivity index (χ4n) is 2.84. The molecule has 5 nitrogen and oxygen atoms in total.